The number of rotatable bonds is 3. The largest absolute Gasteiger partial charge is 0.496 e. The third kappa shape index (κ3) is 1.65. The molecule has 0 amide bonds. The van der Waals surface area contributed by atoms with Crippen LogP contribution < -0.4 is 4.74 Å². The third-order valence-corrected chi connectivity index (χ3v) is 2.36. The van der Waals surface area contributed by atoms with E-state index in [0.717, 1.165) is 5.56 Å². The van der Waals surface area contributed by atoms with Crippen molar-refractivity contribution in [2.75, 3.05) is 7.11 Å². The third-order valence-electron chi connectivity index (χ3n) is 2.36. The molecule has 0 radical (unpaired) electrons. The van der Waals surface area contributed by atoms with Gasteiger partial charge < -0.3 is 14.8 Å². The molecule has 0 unspecified atom stereocenters. The van der Waals surface area contributed by atoms with E-state index in [-0.39, 0.29) is 5.69 Å². The molecule has 2 N–H and O–H groups in total. The quantitative estimate of drug-likeness (QED) is 0.829. The maximum Gasteiger partial charge on any atom is 0.352 e. The molecule has 1 aromatic carbocycles. The highest BCUT2D eigenvalue weighted by Gasteiger charge is 2.15. The van der Waals surface area contributed by atoms with Crippen molar-refractivity contribution in [2.24, 2.45) is 0 Å². The van der Waals surface area contributed by atoms with Crippen LogP contribution in [0.5, 0.6) is 5.75 Å². The Labute approximate surface area is 92.5 Å². The Morgan fingerprint density at radius 1 is 1.25 bits per heavy atom. The molecule has 0 aliphatic rings. The Morgan fingerprint density at radius 2 is 2.00 bits per heavy atom. The molecule has 0 bridgehead atoms. The van der Waals surface area contributed by atoms with Gasteiger partial charge in [-0.15, -0.1) is 0 Å². The van der Waals surface area contributed by atoms with Gasteiger partial charge in [0.05, 0.1) is 7.11 Å². The van der Waals surface area contributed by atoms with Gasteiger partial charge in [0.15, 0.2) is 0 Å². The normalized spacial score (nSPS) is 10.1. The molecule has 4 nitrogen and oxygen atoms in total. The Bertz CT molecular complexity index is 516. The molecular formula is C12H11NO3. The lowest BCUT2D eigenvalue weighted by Crippen LogP contribution is -1.99. The van der Waals surface area contributed by atoms with Crippen molar-refractivity contribution in [1.29, 1.82) is 0 Å². The number of para-hydroxylation sites is 1. The van der Waals surface area contributed by atoms with Crippen LogP contribution in [-0.4, -0.2) is 23.2 Å². The average molecular weight is 217 g/mol. The smallest absolute Gasteiger partial charge is 0.352 e. The van der Waals surface area contributed by atoms with Gasteiger partial charge in [-0.1, -0.05) is 18.2 Å². The molecule has 2 rings (SSSR count). The maximum absolute atomic E-state index is 11.0. The number of nitrogens with one attached hydrogen (secondary N) is 1. The fourth-order valence-electron chi connectivity index (χ4n) is 1.64. The van der Waals surface area contributed by atoms with E-state index in [4.69, 9.17) is 9.84 Å². The highest BCUT2D eigenvalue weighted by Crippen LogP contribution is 2.31. The lowest BCUT2D eigenvalue weighted by Gasteiger charge is -2.07. The Morgan fingerprint density at radius 3 is 2.69 bits per heavy atom. The second kappa shape index (κ2) is 4.10. The number of hydrogen-bond acceptors (Lipinski definition) is 2. The maximum atomic E-state index is 11.0. The number of benzene rings is 1. The van der Waals surface area contributed by atoms with Gasteiger partial charge >= 0.3 is 5.97 Å². The molecule has 1 heterocycles. The van der Waals surface area contributed by atoms with E-state index < -0.39 is 5.97 Å². The van der Waals surface area contributed by atoms with Crippen molar-refractivity contribution in [3.8, 4) is 16.9 Å². The van der Waals surface area contributed by atoms with Gasteiger partial charge in [-0.2, -0.15) is 0 Å². The van der Waals surface area contributed by atoms with E-state index in [2.05, 4.69) is 4.98 Å². The summed E-state index contributed by atoms with van der Waals surface area (Å²) in [7, 11) is 1.56. The molecule has 2 aromatic rings. The van der Waals surface area contributed by atoms with Crippen LogP contribution in [0.25, 0.3) is 11.1 Å². The molecule has 82 valence electrons. The van der Waals surface area contributed by atoms with Crippen molar-refractivity contribution in [3.63, 3.8) is 0 Å². The van der Waals surface area contributed by atoms with Crippen molar-refractivity contribution >= 4 is 5.97 Å². The second-order valence-electron chi connectivity index (χ2n) is 3.27. The van der Waals surface area contributed by atoms with Crippen LogP contribution in [0.1, 0.15) is 10.5 Å². The molecule has 0 saturated heterocycles. The molecule has 0 fully saturated rings. The van der Waals surface area contributed by atoms with Crippen molar-refractivity contribution in [1.82, 2.24) is 4.98 Å². The number of aromatic amines is 1. The minimum Gasteiger partial charge on any atom is -0.496 e. The molecule has 0 spiro atoms. The van der Waals surface area contributed by atoms with Gasteiger partial charge in [0.25, 0.3) is 0 Å². The van der Waals surface area contributed by atoms with Crippen LogP contribution in [0, 0.1) is 0 Å². The van der Waals surface area contributed by atoms with Crippen molar-refractivity contribution in [2.45, 2.75) is 0 Å². The van der Waals surface area contributed by atoms with Gasteiger partial charge in [-0.05, 0) is 12.1 Å². The first-order chi connectivity index (χ1) is 7.74. The Hall–Kier alpha value is -2.23. The molecule has 0 saturated carbocycles. The first-order valence-corrected chi connectivity index (χ1v) is 4.78. The number of ether oxygens (including phenoxy) is 1. The monoisotopic (exact) mass is 217 g/mol. The molecule has 0 aliphatic carbocycles. The number of aromatic nitrogens is 1. The standard InChI is InChI=1S/C12H11NO3/c1-16-10-5-3-2-4-8(10)9-6-7-13-11(9)12(14)15/h2-7,13H,1H3,(H,14,15). The van der Waals surface area contributed by atoms with E-state index in [1.807, 2.05) is 18.2 Å². The summed E-state index contributed by atoms with van der Waals surface area (Å²) in [6.07, 6.45) is 1.60. The van der Waals surface area contributed by atoms with Crippen LogP contribution in [0.15, 0.2) is 36.5 Å². The highest BCUT2D eigenvalue weighted by atomic mass is 16.5. The Kier molecular flexibility index (Phi) is 2.64. The minimum absolute atomic E-state index is 0.171. The number of aromatic carboxylic acids is 1. The fourth-order valence-corrected chi connectivity index (χ4v) is 1.64. The number of methoxy groups -OCH3 is 1. The lowest BCUT2D eigenvalue weighted by molar-refractivity contribution is 0.0692. The molecule has 0 aliphatic heterocycles. The summed E-state index contributed by atoms with van der Waals surface area (Å²) >= 11 is 0. The topological polar surface area (TPSA) is 62.3 Å². The predicted octanol–water partition coefficient (Wildman–Crippen LogP) is 2.39. The number of carbonyl (C=O) groups is 1. The lowest BCUT2D eigenvalue weighted by atomic mass is 10.1. The van der Waals surface area contributed by atoms with Gasteiger partial charge in [0.1, 0.15) is 11.4 Å². The van der Waals surface area contributed by atoms with Crippen LogP contribution in [0.2, 0.25) is 0 Å². The van der Waals surface area contributed by atoms with E-state index in [1.54, 1.807) is 25.4 Å². The molecule has 16 heavy (non-hydrogen) atoms. The average Bonchev–Trinajstić information content (AvgIpc) is 2.77. The Balaban J connectivity index is 2.58. The summed E-state index contributed by atoms with van der Waals surface area (Å²) in [6, 6.07) is 9.04. The first-order valence-electron chi connectivity index (χ1n) is 4.78. The molecule has 4 heteroatoms. The fraction of sp³-hybridized carbons (Fsp3) is 0.0833. The van der Waals surface area contributed by atoms with E-state index >= 15 is 0 Å². The van der Waals surface area contributed by atoms with Gasteiger partial charge in [-0.25, -0.2) is 4.79 Å². The summed E-state index contributed by atoms with van der Waals surface area (Å²) in [5.74, 6) is -0.324. The minimum atomic E-state index is -0.981. The summed E-state index contributed by atoms with van der Waals surface area (Å²) < 4.78 is 5.20. The highest BCUT2D eigenvalue weighted by molar-refractivity contribution is 5.95. The molecular weight excluding hydrogens is 206 g/mol. The number of carboxylic acids is 1. The van der Waals surface area contributed by atoms with Gasteiger partial charge in [0.2, 0.25) is 0 Å². The summed E-state index contributed by atoms with van der Waals surface area (Å²) in [5.41, 5.74) is 1.57. The summed E-state index contributed by atoms with van der Waals surface area (Å²) in [4.78, 5) is 13.7. The first kappa shape index (κ1) is 10.3. The van der Waals surface area contributed by atoms with Crippen LogP contribution in [-0.2, 0) is 0 Å². The van der Waals surface area contributed by atoms with Crippen LogP contribution in [0.3, 0.4) is 0 Å². The zero-order valence-electron chi connectivity index (χ0n) is 8.73. The van der Waals surface area contributed by atoms with E-state index in [9.17, 15) is 4.79 Å². The molecule has 0 atom stereocenters. The number of carboxylic acid groups (broad SMARTS) is 1. The SMILES string of the molecule is COc1ccccc1-c1cc[nH]c1C(=O)O. The predicted molar refractivity (Wildman–Crippen MR) is 59.7 cm³/mol. The summed E-state index contributed by atoms with van der Waals surface area (Å²) in [6.45, 7) is 0. The van der Waals surface area contributed by atoms with E-state index in [1.165, 1.54) is 0 Å². The van der Waals surface area contributed by atoms with Crippen molar-refractivity contribution in [3.05, 3.63) is 42.2 Å². The van der Waals surface area contributed by atoms with Gasteiger partial charge in [0, 0.05) is 17.3 Å². The zero-order chi connectivity index (χ0) is 11.5. The summed E-state index contributed by atoms with van der Waals surface area (Å²) in [5, 5.41) is 9.01. The number of hydrogen-bond donors (Lipinski definition) is 2. The van der Waals surface area contributed by atoms with E-state index in [0.29, 0.717) is 11.3 Å². The van der Waals surface area contributed by atoms with Crippen LogP contribution in [0.4, 0.5) is 0 Å². The van der Waals surface area contributed by atoms with Crippen LogP contribution >= 0.6 is 0 Å². The molecule has 1 aromatic heterocycles. The van der Waals surface area contributed by atoms with Crippen molar-refractivity contribution < 1.29 is 14.6 Å². The number of H-pyrrole nitrogens is 1. The zero-order valence-corrected chi connectivity index (χ0v) is 8.73. The van der Waals surface area contributed by atoms with Gasteiger partial charge in [-0.3, -0.25) is 0 Å². The second-order valence-corrected chi connectivity index (χ2v) is 3.27.